The molecular formula is C20H16BrFN2O3S. The number of amides is 3. The summed E-state index contributed by atoms with van der Waals surface area (Å²) in [6, 6.07) is 9.91. The van der Waals surface area contributed by atoms with E-state index in [1.165, 1.54) is 24.3 Å². The Hall–Kier alpha value is -2.45. The quantitative estimate of drug-likeness (QED) is 0.657. The second-order valence-electron chi connectivity index (χ2n) is 6.31. The third kappa shape index (κ3) is 4.51. The van der Waals surface area contributed by atoms with Gasteiger partial charge in [0.25, 0.3) is 11.1 Å². The van der Waals surface area contributed by atoms with Crippen LogP contribution in [-0.2, 0) is 9.59 Å². The number of halogens is 2. The molecule has 1 aliphatic rings. The maximum atomic E-state index is 13.3. The van der Waals surface area contributed by atoms with Gasteiger partial charge in [-0.05, 0) is 82.5 Å². The number of carbonyl (C=O) groups excluding carboxylic acids is 3. The minimum absolute atomic E-state index is 0.183. The minimum atomic E-state index is -0.549. The molecule has 0 aliphatic carbocycles. The van der Waals surface area contributed by atoms with E-state index in [0.29, 0.717) is 11.3 Å². The van der Waals surface area contributed by atoms with Crippen LogP contribution in [0.5, 0.6) is 0 Å². The van der Waals surface area contributed by atoms with Gasteiger partial charge in [-0.25, -0.2) is 4.39 Å². The maximum Gasteiger partial charge on any atom is 0.294 e. The van der Waals surface area contributed by atoms with Crippen LogP contribution in [0.4, 0.5) is 14.9 Å². The summed E-state index contributed by atoms with van der Waals surface area (Å²) in [5.41, 5.74) is 3.08. The zero-order valence-corrected chi connectivity index (χ0v) is 17.5. The number of carbonyl (C=O) groups is 3. The number of thioether (sulfide) groups is 1. The molecule has 8 heteroatoms. The summed E-state index contributed by atoms with van der Waals surface area (Å²) in [4.78, 5) is 38.1. The van der Waals surface area contributed by atoms with Crippen LogP contribution in [0.15, 0.2) is 45.8 Å². The summed E-state index contributed by atoms with van der Waals surface area (Å²) in [7, 11) is 0. The molecule has 1 heterocycles. The van der Waals surface area contributed by atoms with Gasteiger partial charge in [-0.2, -0.15) is 0 Å². The minimum Gasteiger partial charge on any atom is -0.324 e. The van der Waals surface area contributed by atoms with Crippen molar-refractivity contribution in [3.63, 3.8) is 0 Å². The monoisotopic (exact) mass is 462 g/mol. The molecule has 2 aromatic rings. The molecule has 0 saturated carbocycles. The van der Waals surface area contributed by atoms with Crippen molar-refractivity contribution in [3.8, 4) is 0 Å². The predicted molar refractivity (Wildman–Crippen MR) is 111 cm³/mol. The summed E-state index contributed by atoms with van der Waals surface area (Å²) in [6.45, 7) is 3.39. The summed E-state index contributed by atoms with van der Waals surface area (Å²) < 4.78 is 13.6. The Morgan fingerprint density at radius 2 is 1.96 bits per heavy atom. The van der Waals surface area contributed by atoms with Crippen molar-refractivity contribution in [2.75, 3.05) is 11.9 Å². The van der Waals surface area contributed by atoms with Crippen LogP contribution in [0, 0.1) is 19.7 Å². The van der Waals surface area contributed by atoms with Crippen molar-refractivity contribution < 1.29 is 18.8 Å². The van der Waals surface area contributed by atoms with Crippen molar-refractivity contribution in [1.29, 1.82) is 0 Å². The van der Waals surface area contributed by atoms with Crippen molar-refractivity contribution in [2.24, 2.45) is 0 Å². The number of anilines is 1. The Morgan fingerprint density at radius 3 is 2.68 bits per heavy atom. The van der Waals surface area contributed by atoms with Crippen LogP contribution in [0.2, 0.25) is 0 Å². The average molecular weight is 463 g/mol. The fourth-order valence-corrected chi connectivity index (χ4v) is 3.83. The zero-order valence-electron chi connectivity index (χ0n) is 15.1. The number of aryl methyl sites for hydroxylation is 2. The molecule has 1 fully saturated rings. The van der Waals surface area contributed by atoms with Crippen molar-refractivity contribution in [3.05, 3.63) is 68.3 Å². The van der Waals surface area contributed by atoms with E-state index in [0.717, 1.165) is 27.8 Å². The van der Waals surface area contributed by atoms with Crippen LogP contribution in [-0.4, -0.2) is 28.5 Å². The molecule has 28 heavy (non-hydrogen) atoms. The topological polar surface area (TPSA) is 66.5 Å². The molecule has 3 rings (SSSR count). The van der Waals surface area contributed by atoms with Gasteiger partial charge in [-0.3, -0.25) is 19.3 Å². The number of nitrogens with zero attached hydrogens (tertiary/aromatic N) is 1. The van der Waals surface area contributed by atoms with Gasteiger partial charge in [0, 0.05) is 5.69 Å². The van der Waals surface area contributed by atoms with Crippen LogP contribution < -0.4 is 5.32 Å². The first-order valence-corrected chi connectivity index (χ1v) is 9.93. The Bertz CT molecular complexity index is 1020. The molecule has 2 aromatic carbocycles. The van der Waals surface area contributed by atoms with Gasteiger partial charge < -0.3 is 5.32 Å². The van der Waals surface area contributed by atoms with Crippen LogP contribution in [0.3, 0.4) is 0 Å². The largest absolute Gasteiger partial charge is 0.324 e. The maximum absolute atomic E-state index is 13.3. The fraction of sp³-hybridized carbons (Fsp3) is 0.150. The molecule has 0 unspecified atom stereocenters. The molecule has 0 bridgehead atoms. The molecule has 1 N–H and O–H groups in total. The lowest BCUT2D eigenvalue weighted by Gasteiger charge is -2.14. The second kappa shape index (κ2) is 8.28. The molecule has 5 nitrogen and oxygen atoms in total. The van der Waals surface area contributed by atoms with Gasteiger partial charge in [0.2, 0.25) is 5.91 Å². The number of rotatable bonds is 4. The highest BCUT2D eigenvalue weighted by Crippen LogP contribution is 2.32. The summed E-state index contributed by atoms with van der Waals surface area (Å²) in [5.74, 6) is -1.43. The number of imide groups is 1. The molecule has 0 radical (unpaired) electrons. The second-order valence-corrected chi connectivity index (χ2v) is 8.16. The number of benzene rings is 2. The van der Waals surface area contributed by atoms with Gasteiger partial charge in [-0.1, -0.05) is 18.2 Å². The SMILES string of the molecule is Cc1ccc(C)c(NC(=O)CN2C(=O)S/C(=C/c3ccc(F)c(Br)c3)C2=O)c1. The molecular weight excluding hydrogens is 447 g/mol. The van der Waals surface area contributed by atoms with Crippen molar-refractivity contribution >= 4 is 56.5 Å². The van der Waals surface area contributed by atoms with Gasteiger partial charge >= 0.3 is 0 Å². The Labute approximate surface area is 174 Å². The van der Waals surface area contributed by atoms with Gasteiger partial charge in [-0.15, -0.1) is 0 Å². The number of hydrogen-bond donors (Lipinski definition) is 1. The average Bonchev–Trinajstić information content (AvgIpc) is 2.89. The lowest BCUT2D eigenvalue weighted by atomic mass is 10.1. The Kier molecular flexibility index (Phi) is 6.00. The summed E-state index contributed by atoms with van der Waals surface area (Å²) in [5, 5.41) is 2.22. The lowest BCUT2D eigenvalue weighted by molar-refractivity contribution is -0.127. The van der Waals surface area contributed by atoms with E-state index in [9.17, 15) is 18.8 Å². The van der Waals surface area contributed by atoms with E-state index in [1.54, 1.807) is 0 Å². The van der Waals surface area contributed by atoms with Gasteiger partial charge in [0.05, 0.1) is 9.38 Å². The third-order valence-corrected chi connectivity index (χ3v) is 5.60. The summed E-state index contributed by atoms with van der Waals surface area (Å²) in [6.07, 6.45) is 1.50. The first-order valence-electron chi connectivity index (χ1n) is 8.32. The van der Waals surface area contributed by atoms with Crippen LogP contribution >= 0.6 is 27.7 Å². The van der Waals surface area contributed by atoms with Crippen LogP contribution in [0.1, 0.15) is 16.7 Å². The third-order valence-electron chi connectivity index (χ3n) is 4.08. The summed E-state index contributed by atoms with van der Waals surface area (Å²) >= 11 is 3.83. The lowest BCUT2D eigenvalue weighted by Crippen LogP contribution is -2.36. The molecule has 0 atom stereocenters. The normalized spacial score (nSPS) is 15.4. The number of nitrogens with one attached hydrogen (secondary N) is 1. The Morgan fingerprint density at radius 1 is 1.21 bits per heavy atom. The zero-order chi connectivity index (χ0) is 20.4. The predicted octanol–water partition coefficient (Wildman–Crippen LogP) is 4.88. The molecule has 0 spiro atoms. The van der Waals surface area contributed by atoms with Gasteiger partial charge in [0.1, 0.15) is 12.4 Å². The molecule has 144 valence electrons. The van der Waals surface area contributed by atoms with Gasteiger partial charge in [0.15, 0.2) is 0 Å². The smallest absolute Gasteiger partial charge is 0.294 e. The molecule has 0 aromatic heterocycles. The highest BCUT2D eigenvalue weighted by atomic mass is 79.9. The Balaban J connectivity index is 1.72. The van der Waals surface area contributed by atoms with E-state index < -0.39 is 22.9 Å². The molecule has 1 aliphatic heterocycles. The van der Waals surface area contributed by atoms with E-state index in [1.807, 2.05) is 32.0 Å². The van der Waals surface area contributed by atoms with Crippen molar-refractivity contribution in [1.82, 2.24) is 4.90 Å². The highest BCUT2D eigenvalue weighted by molar-refractivity contribution is 9.10. The highest BCUT2D eigenvalue weighted by Gasteiger charge is 2.36. The van der Waals surface area contributed by atoms with Crippen molar-refractivity contribution in [2.45, 2.75) is 13.8 Å². The molecule has 3 amide bonds. The standard InChI is InChI=1S/C20H16BrFN2O3S/c1-11-3-4-12(2)16(7-11)23-18(25)10-24-19(26)17(28-20(24)27)9-13-5-6-15(22)14(21)8-13/h3-9H,10H2,1-2H3,(H,23,25)/b17-9+. The fourth-order valence-electron chi connectivity index (χ4n) is 2.59. The first-order chi connectivity index (χ1) is 13.2. The van der Waals surface area contributed by atoms with Crippen LogP contribution in [0.25, 0.3) is 6.08 Å². The molecule has 1 saturated heterocycles. The van der Waals surface area contributed by atoms with E-state index in [2.05, 4.69) is 21.2 Å². The first kappa shape index (κ1) is 20.3. The van der Waals surface area contributed by atoms with E-state index in [-0.39, 0.29) is 15.9 Å². The van der Waals surface area contributed by atoms with E-state index >= 15 is 0 Å². The number of hydrogen-bond acceptors (Lipinski definition) is 4. The van der Waals surface area contributed by atoms with E-state index in [4.69, 9.17) is 0 Å².